The molecule has 10 heteroatoms. The van der Waals surface area contributed by atoms with Crippen LogP contribution in [0.5, 0.6) is 0 Å². The summed E-state index contributed by atoms with van der Waals surface area (Å²) in [5.41, 5.74) is 2.02. The minimum absolute atomic E-state index is 0.0219. The van der Waals surface area contributed by atoms with Crippen LogP contribution in [0.15, 0.2) is 36.7 Å². The van der Waals surface area contributed by atoms with Crippen molar-refractivity contribution in [2.75, 3.05) is 26.3 Å². The maximum Gasteiger partial charge on any atom is 0.418 e. The number of para-hydroxylation sites is 1. The fraction of sp³-hybridized carbons (Fsp3) is 0.536. The number of fused-ring (bicyclic) bond motifs is 2. The van der Waals surface area contributed by atoms with Crippen LogP contribution in [0.3, 0.4) is 0 Å². The first-order valence-electron chi connectivity index (χ1n) is 13.4. The van der Waals surface area contributed by atoms with Crippen molar-refractivity contribution >= 4 is 16.9 Å². The minimum Gasteiger partial charge on any atom is -0.381 e. The number of halogens is 3. The third-order valence-corrected chi connectivity index (χ3v) is 8.45. The molecular formula is C28H32F3N5O2. The third-order valence-electron chi connectivity index (χ3n) is 8.45. The molecule has 0 radical (unpaired) electrons. The Hall–Kier alpha value is -2.98. The fourth-order valence-corrected chi connectivity index (χ4v) is 6.60. The molecule has 38 heavy (non-hydrogen) atoms. The van der Waals surface area contributed by atoms with Gasteiger partial charge in [-0.25, -0.2) is 4.98 Å². The van der Waals surface area contributed by atoms with E-state index >= 15 is 0 Å². The van der Waals surface area contributed by atoms with E-state index in [0.29, 0.717) is 17.9 Å². The Balaban J connectivity index is 1.17. The zero-order chi connectivity index (χ0) is 26.3. The van der Waals surface area contributed by atoms with E-state index in [1.165, 1.54) is 17.2 Å². The number of aromatic nitrogens is 3. The highest BCUT2D eigenvalue weighted by Crippen LogP contribution is 2.40. The summed E-state index contributed by atoms with van der Waals surface area (Å²) in [6, 6.07) is 6.46. The Morgan fingerprint density at radius 1 is 1.16 bits per heavy atom. The lowest BCUT2D eigenvalue weighted by molar-refractivity contribution is -0.136. The van der Waals surface area contributed by atoms with Crippen LogP contribution in [0.2, 0.25) is 0 Å². The highest BCUT2D eigenvalue weighted by molar-refractivity contribution is 5.82. The number of aryl methyl sites for hydroxylation is 1. The van der Waals surface area contributed by atoms with Crippen LogP contribution in [-0.4, -0.2) is 64.1 Å². The molecule has 7 nitrogen and oxygen atoms in total. The molecule has 0 spiro atoms. The number of amides is 1. The molecule has 4 heterocycles. The van der Waals surface area contributed by atoms with Crippen LogP contribution in [0.1, 0.15) is 54.1 Å². The largest absolute Gasteiger partial charge is 0.418 e. The predicted molar refractivity (Wildman–Crippen MR) is 136 cm³/mol. The van der Waals surface area contributed by atoms with Crippen LogP contribution in [-0.2, 0) is 28.5 Å². The van der Waals surface area contributed by atoms with E-state index in [0.717, 1.165) is 64.5 Å². The molecule has 3 aromatic rings. The molecule has 1 aromatic carbocycles. The number of carbonyl (C=O) groups excluding carboxylic acids is 1. The standard InChI is InChI=1S/C28H32F3N5O2/c29-28(30,31)22-2-1-3-23-27(22)35-25(33-23)13-26(37)34-24-16-36(20-7-10-38-11-8-20)15-19(24)12-17-4-5-18-14-32-9-6-21(17)18/h1-3,6,9,14,17,19-20,24H,4-5,7-8,10-13,15-16H2,(H,33,35)(H,34,37). The van der Waals surface area contributed by atoms with Crippen molar-refractivity contribution in [2.45, 2.75) is 62.7 Å². The van der Waals surface area contributed by atoms with Crippen LogP contribution in [0.4, 0.5) is 13.2 Å². The molecule has 2 N–H and O–H groups in total. The highest BCUT2D eigenvalue weighted by atomic mass is 19.4. The summed E-state index contributed by atoms with van der Waals surface area (Å²) in [5.74, 6) is 0.751. The van der Waals surface area contributed by atoms with E-state index < -0.39 is 11.7 Å². The molecule has 2 aromatic heterocycles. The van der Waals surface area contributed by atoms with Crippen molar-refractivity contribution in [1.29, 1.82) is 0 Å². The lowest BCUT2D eigenvalue weighted by Crippen LogP contribution is -2.43. The van der Waals surface area contributed by atoms with Crippen LogP contribution >= 0.6 is 0 Å². The zero-order valence-corrected chi connectivity index (χ0v) is 21.1. The Bertz CT molecular complexity index is 1300. The van der Waals surface area contributed by atoms with Crippen molar-refractivity contribution in [2.24, 2.45) is 5.92 Å². The molecule has 3 atom stereocenters. The molecule has 0 saturated carbocycles. The number of alkyl halides is 3. The second-order valence-electron chi connectivity index (χ2n) is 10.8. The Morgan fingerprint density at radius 3 is 2.82 bits per heavy atom. The van der Waals surface area contributed by atoms with Crippen molar-refractivity contribution < 1.29 is 22.7 Å². The van der Waals surface area contributed by atoms with E-state index in [1.54, 1.807) is 6.07 Å². The van der Waals surface area contributed by atoms with Gasteiger partial charge in [-0.1, -0.05) is 6.07 Å². The summed E-state index contributed by atoms with van der Waals surface area (Å²) in [7, 11) is 0. The predicted octanol–water partition coefficient (Wildman–Crippen LogP) is 4.23. The Kier molecular flexibility index (Phi) is 6.86. The summed E-state index contributed by atoms with van der Waals surface area (Å²) < 4.78 is 45.8. The van der Waals surface area contributed by atoms with Gasteiger partial charge < -0.3 is 15.0 Å². The first-order chi connectivity index (χ1) is 18.3. The molecule has 3 unspecified atom stereocenters. The topological polar surface area (TPSA) is 83.1 Å². The summed E-state index contributed by atoms with van der Waals surface area (Å²) in [6.07, 6.45) is 4.33. The molecule has 1 aliphatic carbocycles. The number of imidazole rings is 1. The maximum absolute atomic E-state index is 13.4. The van der Waals surface area contributed by atoms with Gasteiger partial charge in [0.05, 0.1) is 17.5 Å². The number of H-pyrrole nitrogens is 1. The van der Waals surface area contributed by atoms with E-state index in [2.05, 4.69) is 31.2 Å². The lowest BCUT2D eigenvalue weighted by atomic mass is 9.87. The van der Waals surface area contributed by atoms with Crippen molar-refractivity contribution in [3.05, 3.63) is 59.2 Å². The van der Waals surface area contributed by atoms with Gasteiger partial charge in [0, 0.05) is 50.8 Å². The number of hydrogen-bond acceptors (Lipinski definition) is 5. The first kappa shape index (κ1) is 25.3. The van der Waals surface area contributed by atoms with Gasteiger partial charge in [-0.05, 0) is 73.3 Å². The fourth-order valence-electron chi connectivity index (χ4n) is 6.60. The number of rotatable bonds is 6. The Morgan fingerprint density at radius 2 is 2.00 bits per heavy atom. The second-order valence-corrected chi connectivity index (χ2v) is 10.8. The molecule has 0 bridgehead atoms. The van der Waals surface area contributed by atoms with E-state index in [1.807, 2.05) is 12.4 Å². The van der Waals surface area contributed by atoms with E-state index in [-0.39, 0.29) is 35.2 Å². The number of hydrogen-bond donors (Lipinski definition) is 2. The van der Waals surface area contributed by atoms with E-state index in [4.69, 9.17) is 4.74 Å². The van der Waals surface area contributed by atoms with Gasteiger partial charge in [0.15, 0.2) is 0 Å². The van der Waals surface area contributed by atoms with Crippen LogP contribution in [0, 0.1) is 5.92 Å². The Labute approximate surface area is 219 Å². The van der Waals surface area contributed by atoms with Gasteiger partial charge in [-0.3, -0.25) is 14.7 Å². The second kappa shape index (κ2) is 10.3. The number of carbonyl (C=O) groups is 1. The monoisotopic (exact) mass is 527 g/mol. The zero-order valence-electron chi connectivity index (χ0n) is 21.1. The number of aromatic amines is 1. The van der Waals surface area contributed by atoms with E-state index in [9.17, 15) is 18.0 Å². The van der Waals surface area contributed by atoms with Gasteiger partial charge in [0.1, 0.15) is 11.3 Å². The molecule has 6 rings (SSSR count). The van der Waals surface area contributed by atoms with Gasteiger partial charge in [0.2, 0.25) is 5.91 Å². The van der Waals surface area contributed by atoms with Crippen LogP contribution in [0.25, 0.3) is 11.0 Å². The van der Waals surface area contributed by atoms with Crippen molar-refractivity contribution in [3.63, 3.8) is 0 Å². The number of ether oxygens (including phenoxy) is 1. The van der Waals surface area contributed by atoms with Gasteiger partial charge in [0.25, 0.3) is 0 Å². The normalized spacial score (nSPS) is 24.7. The first-order valence-corrected chi connectivity index (χ1v) is 13.4. The number of benzene rings is 1. The smallest absolute Gasteiger partial charge is 0.381 e. The third kappa shape index (κ3) is 5.16. The van der Waals surface area contributed by atoms with Crippen molar-refractivity contribution in [1.82, 2.24) is 25.2 Å². The average Bonchev–Trinajstić information content (AvgIpc) is 3.61. The number of likely N-dealkylation sites (tertiary alicyclic amines) is 1. The van der Waals surface area contributed by atoms with Crippen molar-refractivity contribution in [3.8, 4) is 0 Å². The molecule has 202 valence electrons. The van der Waals surface area contributed by atoms with Gasteiger partial charge in [-0.2, -0.15) is 13.2 Å². The molecule has 2 aliphatic heterocycles. The highest BCUT2D eigenvalue weighted by Gasteiger charge is 2.40. The number of nitrogens with zero attached hydrogens (tertiary/aromatic N) is 3. The summed E-state index contributed by atoms with van der Waals surface area (Å²) in [6.45, 7) is 3.22. The minimum atomic E-state index is -4.51. The molecule has 1 amide bonds. The summed E-state index contributed by atoms with van der Waals surface area (Å²) in [5, 5.41) is 3.23. The summed E-state index contributed by atoms with van der Waals surface area (Å²) >= 11 is 0. The number of pyridine rings is 1. The van der Waals surface area contributed by atoms with Gasteiger partial charge in [-0.15, -0.1) is 0 Å². The molecule has 3 aliphatic rings. The SMILES string of the molecule is O=C(Cc1nc2c(C(F)(F)F)cccc2[nH]1)NC1CN(C2CCOCC2)CC1CC1CCc2cnccc21. The number of nitrogens with one attached hydrogen (secondary N) is 2. The molecular weight excluding hydrogens is 495 g/mol. The quantitative estimate of drug-likeness (QED) is 0.501. The molecule has 2 saturated heterocycles. The van der Waals surface area contributed by atoms with Gasteiger partial charge >= 0.3 is 6.18 Å². The maximum atomic E-state index is 13.4. The van der Waals surface area contributed by atoms with Crippen LogP contribution < -0.4 is 5.32 Å². The lowest BCUT2D eigenvalue weighted by Gasteiger charge is -2.31. The average molecular weight is 528 g/mol. The summed E-state index contributed by atoms with van der Waals surface area (Å²) in [4.78, 5) is 27.0. The molecule has 2 fully saturated rings.